The van der Waals surface area contributed by atoms with Crippen molar-refractivity contribution in [2.45, 2.75) is 37.5 Å². The Bertz CT molecular complexity index is 3960. The molecule has 0 N–H and O–H groups in total. The molecule has 1 saturated carbocycles. The Morgan fingerprint density at radius 2 is 0.632 bits per heavy atom. The van der Waals surface area contributed by atoms with E-state index in [-0.39, 0.29) is 5.41 Å². The van der Waals surface area contributed by atoms with Gasteiger partial charge in [0.25, 0.3) is 0 Å². The molecule has 0 atom stereocenters. The van der Waals surface area contributed by atoms with E-state index in [0.29, 0.717) is 17.5 Å². The summed E-state index contributed by atoms with van der Waals surface area (Å²) in [5.41, 5.74) is 12.3. The van der Waals surface area contributed by atoms with Gasteiger partial charge in [-0.05, 0) is 78.9 Å². The summed E-state index contributed by atoms with van der Waals surface area (Å²) in [5.74, 6) is 1.95. The second-order valence-electron chi connectivity index (χ2n) is 20.0. The summed E-state index contributed by atoms with van der Waals surface area (Å²) in [5, 5.41) is 7.27. The molecule has 1 aliphatic rings. The maximum absolute atomic E-state index is 15.3. The van der Waals surface area contributed by atoms with Crippen LogP contribution in [0.5, 0.6) is 0 Å². The van der Waals surface area contributed by atoms with E-state index in [2.05, 4.69) is 182 Å². The van der Waals surface area contributed by atoms with Crippen molar-refractivity contribution in [2.24, 2.45) is 0 Å². The molecule has 1 fully saturated rings. The van der Waals surface area contributed by atoms with Gasteiger partial charge in [0.2, 0.25) is 0 Å². The van der Waals surface area contributed by atoms with Crippen molar-refractivity contribution in [3.05, 3.63) is 278 Å². The lowest BCUT2D eigenvalue weighted by Gasteiger charge is -2.39. The van der Waals surface area contributed by atoms with Gasteiger partial charge in [0.05, 0.1) is 0 Å². The van der Waals surface area contributed by atoms with Crippen molar-refractivity contribution in [3.63, 3.8) is 0 Å². The maximum Gasteiger partial charge on any atom is 0.171 e. The Labute approximate surface area is 444 Å². The number of fused-ring (bicyclic) bond motifs is 2. The van der Waals surface area contributed by atoms with Crippen LogP contribution in [-0.2, 0) is 9.98 Å². The first-order valence-corrected chi connectivity index (χ1v) is 28.2. The van der Waals surface area contributed by atoms with Gasteiger partial charge in [-0.3, -0.25) is 0 Å². The SMILES string of the molecule is O=P(c1ccccc1)(c1ccccc1)c1ccc(-c2c3ccccc3c(-c3ccc(C4(c5ccc(-c6nc(-c7ccccc7)nc(-c7ccccc7-c7ccccc7)n6)cc5)CCCCC4)cc3)c3ccccc23)cc1. The van der Waals surface area contributed by atoms with E-state index < -0.39 is 7.14 Å². The zero-order chi connectivity index (χ0) is 50.9. The molecular formula is C71H54N3OP. The largest absolute Gasteiger partial charge is 0.309 e. The zero-order valence-corrected chi connectivity index (χ0v) is 43.0. The van der Waals surface area contributed by atoms with Crippen LogP contribution in [0.25, 0.3) is 89.1 Å². The molecule has 0 spiro atoms. The summed E-state index contributed by atoms with van der Waals surface area (Å²) in [7, 11) is -3.13. The number of nitrogens with zero attached hydrogens (tertiary/aromatic N) is 3. The minimum absolute atomic E-state index is 0.130. The van der Waals surface area contributed by atoms with Gasteiger partial charge in [-0.15, -0.1) is 0 Å². The highest BCUT2D eigenvalue weighted by Crippen LogP contribution is 2.49. The van der Waals surface area contributed by atoms with Gasteiger partial charge >= 0.3 is 0 Å². The maximum atomic E-state index is 15.3. The van der Waals surface area contributed by atoms with E-state index in [9.17, 15) is 0 Å². The van der Waals surface area contributed by atoms with Gasteiger partial charge in [0, 0.05) is 38.0 Å². The highest BCUT2D eigenvalue weighted by atomic mass is 31.2. The Kier molecular flexibility index (Phi) is 12.4. The number of aromatic nitrogens is 3. The molecule has 76 heavy (non-hydrogen) atoms. The smallest absolute Gasteiger partial charge is 0.171 e. The molecule has 5 heteroatoms. The standard InChI is InChI=1S/C71H54N3OP/c75-76(57-26-10-3-11-27-57,58-28-12-4-13-29-58)59-46-40-52(41-47-59)67-63-33-17-15-31-61(63)66(62-32-16-18-34-64(62)67)51-36-42-55(43-37-51)71(48-20-5-21-49-71)56-44-38-54(39-45-56)69-72-68(53-24-8-2-9-25-53)73-70(74-69)65-35-19-14-30-60(65)50-22-6-1-7-23-50/h1-4,6-19,22-47H,5,20-21,48-49H2. The van der Waals surface area contributed by atoms with Crippen LogP contribution in [0.1, 0.15) is 43.2 Å². The first-order valence-electron chi connectivity index (χ1n) is 26.5. The quantitative estimate of drug-likeness (QED) is 0.0957. The summed E-state index contributed by atoms with van der Waals surface area (Å²) < 4.78 is 15.3. The molecule has 0 amide bonds. The van der Waals surface area contributed by atoms with Crippen LogP contribution in [0.4, 0.5) is 0 Å². The summed E-state index contributed by atoms with van der Waals surface area (Å²) in [4.78, 5) is 15.4. The highest BCUT2D eigenvalue weighted by Gasteiger charge is 2.36. The lowest BCUT2D eigenvalue weighted by molar-refractivity contribution is 0.346. The normalized spacial score (nSPS) is 13.4. The molecule has 12 aromatic rings. The summed E-state index contributed by atoms with van der Waals surface area (Å²) >= 11 is 0. The second-order valence-corrected chi connectivity index (χ2v) is 22.8. The average Bonchev–Trinajstić information content (AvgIpc) is 3.54. The van der Waals surface area contributed by atoms with Crippen LogP contribution in [0.15, 0.2) is 267 Å². The van der Waals surface area contributed by atoms with Gasteiger partial charge in [-0.1, -0.05) is 286 Å². The third-order valence-electron chi connectivity index (χ3n) is 15.7. The molecule has 0 bridgehead atoms. The number of hydrogen-bond donors (Lipinski definition) is 0. The number of rotatable bonds is 11. The monoisotopic (exact) mass is 995 g/mol. The third-order valence-corrected chi connectivity index (χ3v) is 18.8. The number of hydrogen-bond acceptors (Lipinski definition) is 4. The molecule has 13 rings (SSSR count). The fourth-order valence-electron chi connectivity index (χ4n) is 12.0. The molecule has 1 aromatic heterocycles. The first-order chi connectivity index (χ1) is 37.5. The minimum Gasteiger partial charge on any atom is -0.309 e. The van der Waals surface area contributed by atoms with Crippen molar-refractivity contribution >= 4 is 44.6 Å². The van der Waals surface area contributed by atoms with Gasteiger partial charge in [-0.2, -0.15) is 0 Å². The van der Waals surface area contributed by atoms with Crippen LogP contribution in [0, 0.1) is 0 Å². The van der Waals surface area contributed by atoms with Crippen molar-refractivity contribution < 1.29 is 4.57 Å². The molecule has 1 aliphatic carbocycles. The molecule has 0 radical (unpaired) electrons. The summed E-state index contributed by atoms with van der Waals surface area (Å²) in [6, 6.07) is 93.6. The van der Waals surface area contributed by atoms with E-state index in [0.717, 1.165) is 62.1 Å². The van der Waals surface area contributed by atoms with E-state index >= 15 is 4.57 Å². The van der Waals surface area contributed by atoms with Crippen LogP contribution in [0.2, 0.25) is 0 Å². The lowest BCUT2D eigenvalue weighted by Crippen LogP contribution is -2.30. The lowest BCUT2D eigenvalue weighted by atomic mass is 9.65. The molecule has 11 aromatic carbocycles. The fourth-order valence-corrected chi connectivity index (χ4v) is 14.6. The van der Waals surface area contributed by atoms with Crippen molar-refractivity contribution in [2.75, 3.05) is 0 Å². The zero-order valence-electron chi connectivity index (χ0n) is 42.1. The predicted molar refractivity (Wildman–Crippen MR) is 317 cm³/mol. The Hall–Kier alpha value is -8.82. The van der Waals surface area contributed by atoms with Gasteiger partial charge < -0.3 is 4.57 Å². The van der Waals surface area contributed by atoms with E-state index in [1.807, 2.05) is 84.9 Å². The Balaban J connectivity index is 0.864. The van der Waals surface area contributed by atoms with Crippen molar-refractivity contribution in [1.29, 1.82) is 0 Å². The predicted octanol–water partition coefficient (Wildman–Crippen LogP) is 17.1. The van der Waals surface area contributed by atoms with Crippen LogP contribution in [-0.4, -0.2) is 15.0 Å². The van der Waals surface area contributed by atoms with Crippen LogP contribution >= 0.6 is 7.14 Å². The molecule has 1 heterocycles. The van der Waals surface area contributed by atoms with Crippen molar-refractivity contribution in [3.8, 4) is 67.5 Å². The summed E-state index contributed by atoms with van der Waals surface area (Å²) in [6.45, 7) is 0. The van der Waals surface area contributed by atoms with Crippen LogP contribution < -0.4 is 15.9 Å². The average molecular weight is 996 g/mol. The van der Waals surface area contributed by atoms with Crippen LogP contribution in [0.3, 0.4) is 0 Å². The molecule has 0 saturated heterocycles. The van der Waals surface area contributed by atoms with E-state index in [4.69, 9.17) is 15.0 Å². The van der Waals surface area contributed by atoms with Gasteiger partial charge in [-0.25, -0.2) is 15.0 Å². The minimum atomic E-state index is -3.13. The molecule has 0 aliphatic heterocycles. The number of benzene rings is 11. The van der Waals surface area contributed by atoms with Crippen molar-refractivity contribution in [1.82, 2.24) is 15.0 Å². The Morgan fingerprint density at radius 3 is 1.11 bits per heavy atom. The molecule has 4 nitrogen and oxygen atoms in total. The van der Waals surface area contributed by atoms with Gasteiger partial charge in [0.15, 0.2) is 24.6 Å². The summed E-state index contributed by atoms with van der Waals surface area (Å²) in [6.07, 6.45) is 5.76. The highest BCUT2D eigenvalue weighted by molar-refractivity contribution is 7.85. The molecule has 0 unspecified atom stereocenters. The topological polar surface area (TPSA) is 55.7 Å². The third kappa shape index (κ3) is 8.46. The molecule has 364 valence electrons. The Morgan fingerprint density at radius 1 is 0.289 bits per heavy atom. The molecular weight excluding hydrogens is 942 g/mol. The van der Waals surface area contributed by atoms with Gasteiger partial charge in [0.1, 0.15) is 0 Å². The first kappa shape index (κ1) is 46.9. The second kappa shape index (κ2) is 20.1. The van der Waals surface area contributed by atoms with E-state index in [1.165, 1.54) is 68.6 Å². The fraction of sp³-hybridized carbons (Fsp3) is 0.0845. The van der Waals surface area contributed by atoms with E-state index in [1.54, 1.807) is 0 Å².